The predicted molar refractivity (Wildman–Crippen MR) is 58.9 cm³/mol. The van der Waals surface area contributed by atoms with E-state index in [9.17, 15) is 9.59 Å². The van der Waals surface area contributed by atoms with Gasteiger partial charge in [0.1, 0.15) is 6.04 Å². The number of rotatable bonds is 4. The number of carbonyl (C=O) groups excluding carboxylic acids is 1. The van der Waals surface area contributed by atoms with Gasteiger partial charge in [0.05, 0.1) is 0 Å². The van der Waals surface area contributed by atoms with E-state index in [-0.39, 0.29) is 5.91 Å². The Morgan fingerprint density at radius 1 is 1.44 bits per heavy atom. The Bertz CT molecular complexity index is 301. The fraction of sp³-hybridized carbons (Fsp3) is 0.833. The van der Waals surface area contributed by atoms with Gasteiger partial charge in [0.25, 0.3) is 0 Å². The highest BCUT2D eigenvalue weighted by Crippen LogP contribution is 2.59. The normalized spacial score (nSPS) is 24.3. The summed E-state index contributed by atoms with van der Waals surface area (Å²) in [5, 5.41) is 11.5. The molecule has 0 bridgehead atoms. The number of aliphatic carboxylic acids is 1. The summed E-state index contributed by atoms with van der Waals surface area (Å²) < 4.78 is 0. The van der Waals surface area contributed by atoms with Crippen molar-refractivity contribution in [3.63, 3.8) is 0 Å². The molecule has 0 aliphatic heterocycles. The second-order valence-corrected chi connectivity index (χ2v) is 5.45. The van der Waals surface area contributed by atoms with Crippen LogP contribution in [0.1, 0.15) is 45.4 Å². The van der Waals surface area contributed by atoms with Crippen molar-refractivity contribution < 1.29 is 14.7 Å². The van der Waals surface area contributed by atoms with E-state index in [0.29, 0.717) is 17.8 Å². The van der Waals surface area contributed by atoms with Crippen molar-refractivity contribution in [2.75, 3.05) is 0 Å². The van der Waals surface area contributed by atoms with E-state index in [0.717, 1.165) is 12.8 Å². The molecule has 2 aliphatic carbocycles. The van der Waals surface area contributed by atoms with Crippen molar-refractivity contribution in [1.82, 2.24) is 5.32 Å². The third kappa shape index (κ3) is 2.20. The number of hydrogen-bond donors (Lipinski definition) is 2. The molecular weight excluding hydrogens is 206 g/mol. The Hall–Kier alpha value is -1.06. The van der Waals surface area contributed by atoms with E-state index < -0.39 is 12.0 Å². The quantitative estimate of drug-likeness (QED) is 0.762. The maximum absolute atomic E-state index is 10.9. The molecule has 0 unspecified atom stereocenters. The lowest BCUT2D eigenvalue weighted by molar-refractivity contribution is -0.143. The lowest BCUT2D eigenvalue weighted by Gasteiger charge is -2.54. The van der Waals surface area contributed by atoms with Crippen molar-refractivity contribution in [2.45, 2.75) is 51.5 Å². The average molecular weight is 225 g/mol. The smallest absolute Gasteiger partial charge is 0.326 e. The summed E-state index contributed by atoms with van der Waals surface area (Å²) in [6, 6.07) is -0.695. The molecule has 0 heterocycles. The largest absolute Gasteiger partial charge is 0.480 e. The molecule has 0 aromatic heterocycles. The van der Waals surface area contributed by atoms with Crippen LogP contribution in [0.4, 0.5) is 0 Å². The number of carbonyl (C=O) groups is 2. The zero-order valence-electron chi connectivity index (χ0n) is 9.66. The van der Waals surface area contributed by atoms with Gasteiger partial charge in [-0.25, -0.2) is 4.79 Å². The van der Waals surface area contributed by atoms with Crippen molar-refractivity contribution in [1.29, 1.82) is 0 Å². The Balaban J connectivity index is 1.78. The average Bonchev–Trinajstić information content (AvgIpc) is 2.03. The van der Waals surface area contributed by atoms with Gasteiger partial charge in [-0.15, -0.1) is 0 Å². The Labute approximate surface area is 95.4 Å². The monoisotopic (exact) mass is 225 g/mol. The fourth-order valence-corrected chi connectivity index (χ4v) is 3.22. The van der Waals surface area contributed by atoms with Crippen molar-refractivity contribution >= 4 is 11.9 Å². The first-order valence-electron chi connectivity index (χ1n) is 6.01. The number of nitrogens with one attached hydrogen (secondary N) is 1. The van der Waals surface area contributed by atoms with Crippen LogP contribution in [0.5, 0.6) is 0 Å². The molecule has 16 heavy (non-hydrogen) atoms. The summed E-state index contributed by atoms with van der Waals surface area (Å²) in [5.41, 5.74) is 0.573. The van der Waals surface area contributed by atoms with Crippen LogP contribution in [0, 0.1) is 11.3 Å². The highest BCUT2D eigenvalue weighted by Gasteiger charge is 2.48. The van der Waals surface area contributed by atoms with E-state index in [1.807, 2.05) is 0 Å². The highest BCUT2D eigenvalue weighted by molar-refractivity contribution is 5.82. The minimum absolute atomic E-state index is 0.259. The Kier molecular flexibility index (Phi) is 2.91. The molecule has 1 spiro atoms. The van der Waals surface area contributed by atoms with E-state index >= 15 is 0 Å². The van der Waals surface area contributed by atoms with Crippen molar-refractivity contribution in [2.24, 2.45) is 11.3 Å². The molecule has 90 valence electrons. The van der Waals surface area contributed by atoms with Crippen LogP contribution in [0.15, 0.2) is 0 Å². The van der Waals surface area contributed by atoms with Crippen LogP contribution in [0.3, 0.4) is 0 Å². The summed E-state index contributed by atoms with van der Waals surface area (Å²) in [6.07, 6.45) is 6.90. The maximum Gasteiger partial charge on any atom is 0.326 e. The first-order chi connectivity index (χ1) is 7.51. The molecule has 1 atom stereocenters. The van der Waals surface area contributed by atoms with Gasteiger partial charge in [-0.1, -0.05) is 6.42 Å². The van der Waals surface area contributed by atoms with Gasteiger partial charge in [-0.05, 0) is 43.4 Å². The number of hydrogen-bond acceptors (Lipinski definition) is 2. The van der Waals surface area contributed by atoms with Crippen LogP contribution >= 0.6 is 0 Å². The van der Waals surface area contributed by atoms with Gasteiger partial charge in [0.15, 0.2) is 0 Å². The van der Waals surface area contributed by atoms with E-state index in [2.05, 4.69) is 5.32 Å². The highest BCUT2D eigenvalue weighted by atomic mass is 16.4. The lowest BCUT2D eigenvalue weighted by atomic mass is 9.51. The van der Waals surface area contributed by atoms with Crippen LogP contribution in [0.2, 0.25) is 0 Å². The minimum Gasteiger partial charge on any atom is -0.480 e. The molecule has 4 nitrogen and oxygen atoms in total. The molecule has 2 aliphatic rings. The number of amides is 1. The lowest BCUT2D eigenvalue weighted by Crippen LogP contribution is -2.47. The first-order valence-corrected chi connectivity index (χ1v) is 6.01. The molecule has 0 aromatic rings. The first kappa shape index (κ1) is 11.4. The van der Waals surface area contributed by atoms with E-state index in [1.165, 1.54) is 26.2 Å². The third-order valence-electron chi connectivity index (χ3n) is 4.10. The molecule has 0 saturated heterocycles. The van der Waals surface area contributed by atoms with Crippen LogP contribution < -0.4 is 5.32 Å². The Morgan fingerprint density at radius 3 is 2.44 bits per heavy atom. The van der Waals surface area contributed by atoms with Gasteiger partial charge >= 0.3 is 5.97 Å². The second kappa shape index (κ2) is 4.07. The standard InChI is InChI=1S/C12H19NO3/c1-8(14)13-10(11(15)16)5-9-6-12(7-9)3-2-4-12/h9-10H,2-7H2,1H3,(H,13,14)(H,15,16)/t10-/m0/s1. The van der Waals surface area contributed by atoms with Crippen molar-refractivity contribution in [3.05, 3.63) is 0 Å². The SMILES string of the molecule is CC(=O)N[C@@H](CC1CC2(CCC2)C1)C(=O)O. The molecule has 2 N–H and O–H groups in total. The molecule has 2 fully saturated rings. The Morgan fingerprint density at radius 2 is 2.06 bits per heavy atom. The second-order valence-electron chi connectivity index (χ2n) is 5.45. The number of carboxylic acids is 1. The molecule has 1 amide bonds. The maximum atomic E-state index is 10.9. The zero-order chi connectivity index (χ0) is 11.8. The van der Waals surface area contributed by atoms with E-state index in [1.54, 1.807) is 0 Å². The summed E-state index contributed by atoms with van der Waals surface area (Å²) in [4.78, 5) is 21.8. The zero-order valence-corrected chi connectivity index (χ0v) is 9.66. The summed E-state index contributed by atoms with van der Waals surface area (Å²) >= 11 is 0. The molecule has 0 aromatic carbocycles. The van der Waals surface area contributed by atoms with E-state index in [4.69, 9.17) is 5.11 Å². The topological polar surface area (TPSA) is 66.4 Å². The van der Waals surface area contributed by atoms with Crippen molar-refractivity contribution in [3.8, 4) is 0 Å². The molecule has 4 heteroatoms. The summed E-state index contributed by atoms with van der Waals surface area (Å²) in [7, 11) is 0. The molecule has 0 radical (unpaired) electrons. The molecule has 2 rings (SSSR count). The molecular formula is C12H19NO3. The summed E-state index contributed by atoms with van der Waals surface area (Å²) in [5.74, 6) is -0.678. The predicted octanol–water partition coefficient (Wildman–Crippen LogP) is 1.55. The van der Waals surface area contributed by atoms with Crippen LogP contribution in [-0.2, 0) is 9.59 Å². The fourth-order valence-electron chi connectivity index (χ4n) is 3.22. The van der Waals surface area contributed by atoms with Gasteiger partial charge in [0.2, 0.25) is 5.91 Å². The van der Waals surface area contributed by atoms with Crippen LogP contribution in [-0.4, -0.2) is 23.0 Å². The van der Waals surface area contributed by atoms with Gasteiger partial charge < -0.3 is 10.4 Å². The van der Waals surface area contributed by atoms with Gasteiger partial charge in [0, 0.05) is 6.92 Å². The van der Waals surface area contributed by atoms with Gasteiger partial charge in [-0.3, -0.25) is 4.79 Å². The third-order valence-corrected chi connectivity index (χ3v) is 4.10. The summed E-state index contributed by atoms with van der Waals surface area (Å²) in [6.45, 7) is 1.37. The minimum atomic E-state index is -0.912. The van der Waals surface area contributed by atoms with Crippen LogP contribution in [0.25, 0.3) is 0 Å². The number of carboxylic acid groups (broad SMARTS) is 1. The van der Waals surface area contributed by atoms with Gasteiger partial charge in [-0.2, -0.15) is 0 Å². The molecule has 2 saturated carbocycles.